The number of hydrogen-bond donors (Lipinski definition) is 1. The highest BCUT2D eigenvalue weighted by Crippen LogP contribution is 2.23. The van der Waals surface area contributed by atoms with Crippen molar-refractivity contribution in [2.24, 2.45) is 5.92 Å². The van der Waals surface area contributed by atoms with Gasteiger partial charge in [-0.05, 0) is 25.3 Å². The molecular weight excluding hydrogens is 214 g/mol. The van der Waals surface area contributed by atoms with Gasteiger partial charge in [-0.15, -0.1) is 0 Å². The van der Waals surface area contributed by atoms with Crippen LogP contribution in [0.5, 0.6) is 0 Å². The summed E-state index contributed by atoms with van der Waals surface area (Å²) in [4.78, 5) is 0. The minimum Gasteiger partial charge on any atom is -0.382 e. The van der Waals surface area contributed by atoms with E-state index < -0.39 is 0 Å². The Morgan fingerprint density at radius 2 is 1.88 bits per heavy atom. The average molecular weight is 243 g/mol. The Labute approximate surface area is 106 Å². The summed E-state index contributed by atoms with van der Waals surface area (Å²) in [6.07, 6.45) is 8.50. The van der Waals surface area contributed by atoms with Crippen molar-refractivity contribution >= 4 is 0 Å². The summed E-state index contributed by atoms with van der Waals surface area (Å²) in [6, 6.07) is 0. The molecule has 0 aromatic heterocycles. The third-order valence-corrected chi connectivity index (χ3v) is 3.52. The zero-order chi connectivity index (χ0) is 12.3. The fraction of sp³-hybridized carbons (Fsp3) is 1.00. The summed E-state index contributed by atoms with van der Waals surface area (Å²) in [6.45, 7) is 5.62. The Hall–Kier alpha value is -0.120. The van der Waals surface area contributed by atoms with Crippen LogP contribution < -0.4 is 5.32 Å². The van der Waals surface area contributed by atoms with Gasteiger partial charge in [-0.3, -0.25) is 0 Å². The predicted molar refractivity (Wildman–Crippen MR) is 71.4 cm³/mol. The maximum Gasteiger partial charge on any atom is 0.0932 e. The molecule has 0 amide bonds. The lowest BCUT2D eigenvalue weighted by Gasteiger charge is -2.21. The van der Waals surface area contributed by atoms with E-state index in [0.717, 1.165) is 25.6 Å². The first-order valence-corrected chi connectivity index (χ1v) is 7.18. The lowest BCUT2D eigenvalue weighted by Crippen LogP contribution is -2.33. The smallest absolute Gasteiger partial charge is 0.0932 e. The van der Waals surface area contributed by atoms with E-state index in [1.807, 2.05) is 0 Å². The van der Waals surface area contributed by atoms with Crippen molar-refractivity contribution in [3.8, 4) is 0 Å². The third-order valence-electron chi connectivity index (χ3n) is 3.52. The molecule has 102 valence electrons. The van der Waals surface area contributed by atoms with Crippen LogP contribution in [0.15, 0.2) is 0 Å². The van der Waals surface area contributed by atoms with Gasteiger partial charge in [0, 0.05) is 20.3 Å². The zero-order valence-corrected chi connectivity index (χ0v) is 11.5. The van der Waals surface area contributed by atoms with Crippen molar-refractivity contribution in [1.29, 1.82) is 0 Å². The second-order valence-electron chi connectivity index (χ2n) is 5.08. The summed E-state index contributed by atoms with van der Waals surface area (Å²) in [7, 11) is 1.74. The molecule has 3 nitrogen and oxygen atoms in total. The highest BCUT2D eigenvalue weighted by Gasteiger charge is 2.15. The van der Waals surface area contributed by atoms with Gasteiger partial charge < -0.3 is 14.8 Å². The molecular formula is C14H29NO2. The van der Waals surface area contributed by atoms with Crippen LogP contribution in [0.2, 0.25) is 0 Å². The first-order chi connectivity index (χ1) is 8.36. The van der Waals surface area contributed by atoms with E-state index in [4.69, 9.17) is 9.47 Å². The van der Waals surface area contributed by atoms with Crippen LogP contribution >= 0.6 is 0 Å². The normalized spacial score (nSPS) is 20.1. The van der Waals surface area contributed by atoms with Gasteiger partial charge in [0.05, 0.1) is 12.7 Å². The van der Waals surface area contributed by atoms with Crippen LogP contribution in [0.3, 0.4) is 0 Å². The van der Waals surface area contributed by atoms with E-state index in [9.17, 15) is 0 Å². The van der Waals surface area contributed by atoms with Crippen LogP contribution in [0.4, 0.5) is 0 Å². The Kier molecular flexibility index (Phi) is 8.67. The van der Waals surface area contributed by atoms with Crippen LogP contribution in [0.1, 0.15) is 45.4 Å². The van der Waals surface area contributed by atoms with E-state index in [1.165, 1.54) is 38.5 Å². The lowest BCUT2D eigenvalue weighted by molar-refractivity contribution is -0.0176. The maximum atomic E-state index is 5.99. The molecule has 0 saturated heterocycles. The summed E-state index contributed by atoms with van der Waals surface area (Å²) in [5.41, 5.74) is 0. The molecule has 0 aromatic rings. The summed E-state index contributed by atoms with van der Waals surface area (Å²) < 4.78 is 11.2. The highest BCUT2D eigenvalue weighted by atomic mass is 16.5. The van der Waals surface area contributed by atoms with E-state index in [0.29, 0.717) is 6.61 Å². The molecule has 1 aliphatic rings. The molecule has 0 bridgehead atoms. The second-order valence-corrected chi connectivity index (χ2v) is 5.08. The Morgan fingerprint density at radius 3 is 2.47 bits per heavy atom. The molecule has 1 N–H and O–H groups in total. The molecule has 0 aromatic carbocycles. The van der Waals surface area contributed by atoms with Gasteiger partial charge >= 0.3 is 0 Å². The maximum absolute atomic E-state index is 5.99. The molecule has 1 rings (SSSR count). The van der Waals surface area contributed by atoms with Gasteiger partial charge in [-0.25, -0.2) is 0 Å². The van der Waals surface area contributed by atoms with Crippen molar-refractivity contribution in [1.82, 2.24) is 5.32 Å². The fourth-order valence-corrected chi connectivity index (χ4v) is 2.46. The van der Waals surface area contributed by atoms with Crippen molar-refractivity contribution in [3.63, 3.8) is 0 Å². The number of hydrogen-bond acceptors (Lipinski definition) is 3. The topological polar surface area (TPSA) is 30.5 Å². The molecule has 3 heteroatoms. The Bertz CT molecular complexity index is 168. The Balaban J connectivity index is 2.18. The standard InChI is InChI=1S/C14H29NO2/c1-3-15-10-14(12-16-2)17-11-13-8-6-4-5-7-9-13/h13-15H,3-12H2,1-2H3. The molecule has 1 atom stereocenters. The quantitative estimate of drug-likeness (QED) is 0.665. The van der Waals surface area contributed by atoms with Gasteiger partial charge in [0.25, 0.3) is 0 Å². The molecule has 1 fully saturated rings. The number of nitrogens with one attached hydrogen (secondary N) is 1. The number of methoxy groups -OCH3 is 1. The van der Waals surface area contributed by atoms with Crippen LogP contribution in [0.25, 0.3) is 0 Å². The zero-order valence-electron chi connectivity index (χ0n) is 11.5. The third kappa shape index (κ3) is 7.02. The minimum absolute atomic E-state index is 0.211. The Morgan fingerprint density at radius 1 is 1.18 bits per heavy atom. The average Bonchev–Trinajstić information content (AvgIpc) is 2.61. The fourth-order valence-electron chi connectivity index (χ4n) is 2.46. The lowest BCUT2D eigenvalue weighted by atomic mass is 10.0. The molecule has 1 saturated carbocycles. The molecule has 0 radical (unpaired) electrons. The van der Waals surface area contributed by atoms with Gasteiger partial charge in [-0.2, -0.15) is 0 Å². The van der Waals surface area contributed by atoms with Gasteiger partial charge in [-0.1, -0.05) is 32.6 Å². The van der Waals surface area contributed by atoms with Crippen molar-refractivity contribution < 1.29 is 9.47 Å². The van der Waals surface area contributed by atoms with E-state index in [-0.39, 0.29) is 6.10 Å². The monoisotopic (exact) mass is 243 g/mol. The van der Waals surface area contributed by atoms with E-state index >= 15 is 0 Å². The van der Waals surface area contributed by atoms with Crippen molar-refractivity contribution in [3.05, 3.63) is 0 Å². The number of rotatable bonds is 8. The largest absolute Gasteiger partial charge is 0.382 e. The van der Waals surface area contributed by atoms with Crippen LogP contribution in [-0.4, -0.2) is 39.5 Å². The van der Waals surface area contributed by atoms with Crippen molar-refractivity contribution in [2.75, 3.05) is 33.4 Å². The summed E-state index contributed by atoms with van der Waals surface area (Å²) >= 11 is 0. The minimum atomic E-state index is 0.211. The molecule has 17 heavy (non-hydrogen) atoms. The first-order valence-electron chi connectivity index (χ1n) is 7.18. The summed E-state index contributed by atoms with van der Waals surface area (Å²) in [5, 5.41) is 3.33. The predicted octanol–water partition coefficient (Wildman–Crippen LogP) is 2.60. The SMILES string of the molecule is CCNCC(COC)OCC1CCCCCC1. The first kappa shape index (κ1) is 14.9. The van der Waals surface area contributed by atoms with Crippen LogP contribution in [0, 0.1) is 5.92 Å². The van der Waals surface area contributed by atoms with Crippen LogP contribution in [-0.2, 0) is 9.47 Å². The molecule has 1 aliphatic carbocycles. The van der Waals surface area contributed by atoms with Gasteiger partial charge in [0.2, 0.25) is 0 Å². The summed E-state index contributed by atoms with van der Waals surface area (Å²) in [5.74, 6) is 0.776. The van der Waals surface area contributed by atoms with Crippen molar-refractivity contribution in [2.45, 2.75) is 51.6 Å². The second kappa shape index (κ2) is 9.86. The molecule has 1 unspecified atom stereocenters. The van der Waals surface area contributed by atoms with Gasteiger partial charge in [0.15, 0.2) is 0 Å². The molecule has 0 spiro atoms. The number of likely N-dealkylation sites (N-methyl/N-ethyl adjacent to an activating group) is 1. The van der Waals surface area contributed by atoms with Gasteiger partial charge in [0.1, 0.15) is 0 Å². The molecule has 0 aliphatic heterocycles. The highest BCUT2D eigenvalue weighted by molar-refractivity contribution is 4.66. The number of ether oxygens (including phenoxy) is 2. The molecule has 0 heterocycles. The van der Waals surface area contributed by atoms with E-state index in [1.54, 1.807) is 7.11 Å². The van der Waals surface area contributed by atoms with E-state index in [2.05, 4.69) is 12.2 Å².